The molecule has 0 aliphatic carbocycles. The maximum Gasteiger partial charge on any atom is 0.222 e. The minimum atomic E-state index is 0.379. The summed E-state index contributed by atoms with van der Waals surface area (Å²) in [6.07, 6.45) is 4.24. The molecule has 0 saturated carbocycles. The lowest BCUT2D eigenvalue weighted by Gasteiger charge is -2.37. The molecular formula is C13H24N2O. The van der Waals surface area contributed by atoms with Gasteiger partial charge in [-0.2, -0.15) is 0 Å². The van der Waals surface area contributed by atoms with Crippen molar-refractivity contribution in [3.8, 4) is 0 Å². The minimum absolute atomic E-state index is 0.379. The summed E-state index contributed by atoms with van der Waals surface area (Å²) in [6.45, 7) is 8.65. The molecule has 0 spiro atoms. The van der Waals surface area contributed by atoms with Gasteiger partial charge >= 0.3 is 0 Å². The fourth-order valence-corrected chi connectivity index (χ4v) is 2.63. The second-order valence-corrected chi connectivity index (χ2v) is 6.11. The molecule has 0 aromatic heterocycles. The lowest BCUT2D eigenvalue weighted by Crippen LogP contribution is -2.41. The molecule has 1 atom stereocenters. The summed E-state index contributed by atoms with van der Waals surface area (Å²) in [6, 6.07) is 0. The monoisotopic (exact) mass is 224 g/mol. The summed E-state index contributed by atoms with van der Waals surface area (Å²) >= 11 is 0. The van der Waals surface area contributed by atoms with Crippen LogP contribution in [-0.2, 0) is 4.79 Å². The molecule has 92 valence electrons. The standard InChI is InChI=1S/C13H24N2O/c1-13(2)4-7-15(8-5-13)12(16)9-11-3-6-14-10-11/h11,14H,3-10H2,1-2H3. The molecule has 2 aliphatic heterocycles. The third-order valence-electron chi connectivity index (χ3n) is 4.10. The molecule has 2 aliphatic rings. The Kier molecular flexibility index (Phi) is 3.53. The van der Waals surface area contributed by atoms with E-state index >= 15 is 0 Å². The van der Waals surface area contributed by atoms with Crippen LogP contribution in [0.4, 0.5) is 0 Å². The molecule has 0 aromatic carbocycles. The van der Waals surface area contributed by atoms with Gasteiger partial charge in [0.25, 0.3) is 0 Å². The van der Waals surface area contributed by atoms with Gasteiger partial charge in [0.2, 0.25) is 5.91 Å². The molecule has 16 heavy (non-hydrogen) atoms. The Hall–Kier alpha value is -0.570. The Morgan fingerprint density at radius 2 is 2.06 bits per heavy atom. The average Bonchev–Trinajstić information content (AvgIpc) is 2.70. The van der Waals surface area contributed by atoms with E-state index in [-0.39, 0.29) is 0 Å². The van der Waals surface area contributed by atoms with Crippen LogP contribution in [0.25, 0.3) is 0 Å². The SMILES string of the molecule is CC1(C)CCN(C(=O)CC2CCNC2)CC1. The first-order valence-electron chi connectivity index (χ1n) is 6.55. The molecule has 0 radical (unpaired) electrons. The summed E-state index contributed by atoms with van der Waals surface area (Å²) < 4.78 is 0. The van der Waals surface area contributed by atoms with E-state index in [1.165, 1.54) is 6.42 Å². The number of nitrogens with one attached hydrogen (secondary N) is 1. The maximum atomic E-state index is 12.1. The Labute approximate surface area is 98.6 Å². The topological polar surface area (TPSA) is 32.3 Å². The van der Waals surface area contributed by atoms with Crippen molar-refractivity contribution in [3.63, 3.8) is 0 Å². The normalized spacial score (nSPS) is 29.4. The van der Waals surface area contributed by atoms with Gasteiger partial charge in [-0.3, -0.25) is 4.79 Å². The van der Waals surface area contributed by atoms with Crippen molar-refractivity contribution in [2.75, 3.05) is 26.2 Å². The zero-order valence-corrected chi connectivity index (χ0v) is 10.6. The predicted octanol–water partition coefficient (Wildman–Crippen LogP) is 1.63. The first kappa shape index (κ1) is 11.9. The maximum absolute atomic E-state index is 12.1. The van der Waals surface area contributed by atoms with Gasteiger partial charge in [-0.15, -0.1) is 0 Å². The van der Waals surface area contributed by atoms with Crippen molar-refractivity contribution in [1.82, 2.24) is 10.2 Å². The quantitative estimate of drug-likeness (QED) is 0.773. The highest BCUT2D eigenvalue weighted by Gasteiger charge is 2.29. The minimum Gasteiger partial charge on any atom is -0.343 e. The van der Waals surface area contributed by atoms with Crippen LogP contribution in [-0.4, -0.2) is 37.0 Å². The second-order valence-electron chi connectivity index (χ2n) is 6.11. The number of likely N-dealkylation sites (tertiary alicyclic amines) is 1. The summed E-state index contributed by atoms with van der Waals surface area (Å²) in [7, 11) is 0. The van der Waals surface area contributed by atoms with Crippen molar-refractivity contribution in [2.45, 2.75) is 39.5 Å². The van der Waals surface area contributed by atoms with Crippen molar-refractivity contribution in [1.29, 1.82) is 0 Å². The fourth-order valence-electron chi connectivity index (χ4n) is 2.63. The summed E-state index contributed by atoms with van der Waals surface area (Å²) in [5, 5.41) is 3.32. The Bertz CT molecular complexity index is 247. The highest BCUT2D eigenvalue weighted by Crippen LogP contribution is 2.30. The number of hydrogen-bond donors (Lipinski definition) is 1. The molecule has 2 rings (SSSR count). The van der Waals surface area contributed by atoms with Gasteiger partial charge in [-0.25, -0.2) is 0 Å². The van der Waals surface area contributed by atoms with E-state index in [1.54, 1.807) is 0 Å². The highest BCUT2D eigenvalue weighted by molar-refractivity contribution is 5.76. The lowest BCUT2D eigenvalue weighted by atomic mass is 9.82. The average molecular weight is 224 g/mol. The molecule has 1 unspecified atom stereocenters. The van der Waals surface area contributed by atoms with E-state index in [0.717, 1.165) is 45.4 Å². The van der Waals surface area contributed by atoms with E-state index < -0.39 is 0 Å². The van der Waals surface area contributed by atoms with Gasteiger partial charge in [-0.05, 0) is 43.7 Å². The smallest absolute Gasteiger partial charge is 0.222 e. The first-order chi connectivity index (χ1) is 7.57. The molecule has 2 fully saturated rings. The number of carbonyl (C=O) groups excluding carboxylic acids is 1. The molecule has 3 nitrogen and oxygen atoms in total. The zero-order chi connectivity index (χ0) is 11.6. The predicted molar refractivity (Wildman–Crippen MR) is 65.2 cm³/mol. The molecule has 2 saturated heterocycles. The van der Waals surface area contributed by atoms with Crippen LogP contribution in [0.1, 0.15) is 39.5 Å². The fraction of sp³-hybridized carbons (Fsp3) is 0.923. The van der Waals surface area contributed by atoms with Crippen LogP contribution in [0.3, 0.4) is 0 Å². The van der Waals surface area contributed by atoms with Crippen molar-refractivity contribution in [2.24, 2.45) is 11.3 Å². The van der Waals surface area contributed by atoms with E-state index in [9.17, 15) is 4.79 Å². The van der Waals surface area contributed by atoms with Crippen LogP contribution in [0, 0.1) is 11.3 Å². The number of hydrogen-bond acceptors (Lipinski definition) is 2. The number of piperidine rings is 1. The molecule has 0 aromatic rings. The van der Waals surface area contributed by atoms with Crippen LogP contribution in [0.2, 0.25) is 0 Å². The third kappa shape index (κ3) is 2.97. The van der Waals surface area contributed by atoms with Crippen molar-refractivity contribution >= 4 is 5.91 Å². The Morgan fingerprint density at radius 1 is 1.38 bits per heavy atom. The number of amides is 1. The van der Waals surface area contributed by atoms with Crippen LogP contribution in [0.15, 0.2) is 0 Å². The zero-order valence-electron chi connectivity index (χ0n) is 10.6. The Morgan fingerprint density at radius 3 is 2.62 bits per heavy atom. The highest BCUT2D eigenvalue weighted by atomic mass is 16.2. The van der Waals surface area contributed by atoms with Crippen LogP contribution >= 0.6 is 0 Å². The van der Waals surface area contributed by atoms with Gasteiger partial charge in [0.05, 0.1) is 0 Å². The Balaban J connectivity index is 1.77. The van der Waals surface area contributed by atoms with E-state index in [0.29, 0.717) is 17.2 Å². The first-order valence-corrected chi connectivity index (χ1v) is 6.55. The van der Waals surface area contributed by atoms with Gasteiger partial charge < -0.3 is 10.2 Å². The van der Waals surface area contributed by atoms with Gasteiger partial charge in [0.1, 0.15) is 0 Å². The van der Waals surface area contributed by atoms with Gasteiger partial charge in [0, 0.05) is 19.5 Å². The summed E-state index contributed by atoms with van der Waals surface area (Å²) in [5.74, 6) is 0.964. The van der Waals surface area contributed by atoms with E-state index in [1.807, 2.05) is 0 Å². The molecule has 1 N–H and O–H groups in total. The largest absolute Gasteiger partial charge is 0.343 e. The second kappa shape index (κ2) is 4.74. The van der Waals surface area contributed by atoms with Gasteiger partial charge in [0.15, 0.2) is 0 Å². The van der Waals surface area contributed by atoms with Crippen LogP contribution in [0.5, 0.6) is 0 Å². The number of carbonyl (C=O) groups is 1. The lowest BCUT2D eigenvalue weighted by molar-refractivity contribution is -0.134. The summed E-state index contributed by atoms with van der Waals surface area (Å²) in [5.41, 5.74) is 0.436. The summed E-state index contributed by atoms with van der Waals surface area (Å²) in [4.78, 5) is 14.1. The van der Waals surface area contributed by atoms with E-state index in [2.05, 4.69) is 24.1 Å². The number of rotatable bonds is 2. The van der Waals surface area contributed by atoms with Crippen LogP contribution < -0.4 is 5.32 Å². The molecule has 2 heterocycles. The molecule has 3 heteroatoms. The van der Waals surface area contributed by atoms with E-state index in [4.69, 9.17) is 0 Å². The molecule has 1 amide bonds. The van der Waals surface area contributed by atoms with Crippen molar-refractivity contribution in [3.05, 3.63) is 0 Å². The number of nitrogens with zero attached hydrogens (tertiary/aromatic N) is 1. The van der Waals surface area contributed by atoms with Gasteiger partial charge in [-0.1, -0.05) is 13.8 Å². The third-order valence-corrected chi connectivity index (χ3v) is 4.10. The molecule has 0 bridgehead atoms. The molecular weight excluding hydrogens is 200 g/mol. The van der Waals surface area contributed by atoms with Crippen molar-refractivity contribution < 1.29 is 4.79 Å².